The van der Waals surface area contributed by atoms with E-state index in [1.165, 1.54) is 12.1 Å². The smallest absolute Gasteiger partial charge is 0.278 e. The summed E-state index contributed by atoms with van der Waals surface area (Å²) < 4.78 is 14.3. The number of fused-ring (bicyclic) bond motifs is 1. The van der Waals surface area contributed by atoms with E-state index in [0.29, 0.717) is 0 Å². The van der Waals surface area contributed by atoms with Gasteiger partial charge in [-0.25, -0.2) is 9.07 Å². The van der Waals surface area contributed by atoms with Crippen LogP contribution in [0.15, 0.2) is 41.2 Å². The van der Waals surface area contributed by atoms with E-state index < -0.39 is 11.4 Å². The molecule has 2 aromatic carbocycles. The van der Waals surface area contributed by atoms with E-state index in [1.54, 1.807) is 0 Å². The van der Waals surface area contributed by atoms with Gasteiger partial charge >= 0.3 is 0 Å². The van der Waals surface area contributed by atoms with Crippen LogP contribution < -0.4 is 10.9 Å². The second kappa shape index (κ2) is 7.03. The Morgan fingerprint density at radius 2 is 2.00 bits per heavy atom. The van der Waals surface area contributed by atoms with E-state index in [1.807, 2.05) is 39.0 Å². The Hall–Kier alpha value is -3.09. The van der Waals surface area contributed by atoms with Crippen LogP contribution >= 0.6 is 0 Å². The number of rotatable bonds is 4. The molecule has 0 spiro atoms. The SMILES string of the molecule is Cc1ccc(C(C)NC(=O)Cn2nnc3ccc(F)cc3c2=O)c(C)c1. The van der Waals surface area contributed by atoms with Crippen molar-refractivity contribution in [3.8, 4) is 0 Å². The second-order valence-corrected chi connectivity index (χ2v) is 6.36. The molecular weight excluding hydrogens is 335 g/mol. The summed E-state index contributed by atoms with van der Waals surface area (Å²) in [5.41, 5.74) is 2.97. The van der Waals surface area contributed by atoms with Gasteiger partial charge in [0.05, 0.1) is 11.4 Å². The van der Waals surface area contributed by atoms with Gasteiger partial charge < -0.3 is 5.32 Å². The third-order valence-electron chi connectivity index (χ3n) is 4.25. The summed E-state index contributed by atoms with van der Waals surface area (Å²) in [6, 6.07) is 9.47. The van der Waals surface area contributed by atoms with Gasteiger partial charge in [-0.15, -0.1) is 5.10 Å². The minimum atomic E-state index is -0.552. The fourth-order valence-corrected chi connectivity index (χ4v) is 2.96. The van der Waals surface area contributed by atoms with Crippen LogP contribution in [0.4, 0.5) is 4.39 Å². The number of nitrogens with one attached hydrogen (secondary N) is 1. The highest BCUT2D eigenvalue weighted by molar-refractivity contribution is 5.78. The minimum Gasteiger partial charge on any atom is -0.348 e. The Labute approximate surface area is 149 Å². The van der Waals surface area contributed by atoms with Crippen LogP contribution in [-0.2, 0) is 11.3 Å². The Kier molecular flexibility index (Phi) is 4.79. The van der Waals surface area contributed by atoms with E-state index in [2.05, 4.69) is 15.6 Å². The van der Waals surface area contributed by atoms with E-state index in [9.17, 15) is 14.0 Å². The zero-order valence-electron chi connectivity index (χ0n) is 14.8. The van der Waals surface area contributed by atoms with Crippen molar-refractivity contribution in [3.63, 3.8) is 0 Å². The Bertz CT molecular complexity index is 1050. The van der Waals surface area contributed by atoms with Crippen molar-refractivity contribution in [2.24, 2.45) is 0 Å². The average Bonchev–Trinajstić information content (AvgIpc) is 2.57. The fraction of sp³-hybridized carbons (Fsp3) is 0.263. The molecule has 26 heavy (non-hydrogen) atoms. The molecule has 134 valence electrons. The molecule has 1 amide bonds. The molecule has 6 nitrogen and oxygen atoms in total. The fourth-order valence-electron chi connectivity index (χ4n) is 2.96. The van der Waals surface area contributed by atoms with Gasteiger partial charge in [0.2, 0.25) is 5.91 Å². The van der Waals surface area contributed by atoms with Crippen LogP contribution in [0.25, 0.3) is 10.9 Å². The van der Waals surface area contributed by atoms with Crippen molar-refractivity contribution in [1.29, 1.82) is 0 Å². The maximum atomic E-state index is 13.4. The predicted octanol–water partition coefficient (Wildman–Crippen LogP) is 2.42. The predicted molar refractivity (Wildman–Crippen MR) is 96.2 cm³/mol. The molecule has 1 N–H and O–H groups in total. The van der Waals surface area contributed by atoms with Crippen LogP contribution in [0.1, 0.15) is 29.7 Å². The quantitative estimate of drug-likeness (QED) is 0.781. The van der Waals surface area contributed by atoms with E-state index in [4.69, 9.17) is 0 Å². The number of carbonyl (C=O) groups is 1. The lowest BCUT2D eigenvalue weighted by Crippen LogP contribution is -2.35. The third-order valence-corrected chi connectivity index (χ3v) is 4.25. The standard InChI is InChI=1S/C19H19FN4O2/c1-11-4-6-15(12(2)8-11)13(3)21-18(25)10-24-19(26)16-9-14(20)5-7-17(16)22-23-24/h4-9,13H,10H2,1-3H3,(H,21,25). The summed E-state index contributed by atoms with van der Waals surface area (Å²) in [5.74, 6) is -0.910. The molecule has 1 unspecified atom stereocenters. The normalized spacial score (nSPS) is 12.2. The third kappa shape index (κ3) is 3.61. The summed E-state index contributed by atoms with van der Waals surface area (Å²) in [7, 11) is 0. The molecular formula is C19H19FN4O2. The largest absolute Gasteiger partial charge is 0.348 e. The Morgan fingerprint density at radius 3 is 2.73 bits per heavy atom. The van der Waals surface area contributed by atoms with Gasteiger partial charge in [-0.2, -0.15) is 0 Å². The first kappa shape index (κ1) is 17.7. The van der Waals surface area contributed by atoms with Crippen molar-refractivity contribution in [2.75, 3.05) is 0 Å². The van der Waals surface area contributed by atoms with Crippen molar-refractivity contribution in [1.82, 2.24) is 20.3 Å². The lowest BCUT2D eigenvalue weighted by molar-refractivity contribution is -0.122. The van der Waals surface area contributed by atoms with E-state index >= 15 is 0 Å². The molecule has 0 aliphatic heterocycles. The minimum absolute atomic E-state index is 0.0928. The van der Waals surface area contributed by atoms with Gasteiger partial charge in [-0.3, -0.25) is 9.59 Å². The Balaban J connectivity index is 1.78. The molecule has 0 bridgehead atoms. The molecule has 1 aromatic heterocycles. The van der Waals surface area contributed by atoms with Crippen molar-refractivity contribution in [2.45, 2.75) is 33.4 Å². The number of amides is 1. The maximum absolute atomic E-state index is 13.4. The van der Waals surface area contributed by atoms with Crippen LogP contribution in [0.2, 0.25) is 0 Å². The summed E-state index contributed by atoms with van der Waals surface area (Å²) in [6.45, 7) is 5.58. The first-order valence-corrected chi connectivity index (χ1v) is 8.24. The molecule has 3 rings (SSSR count). The molecule has 0 saturated heterocycles. The molecule has 1 heterocycles. The molecule has 0 saturated carbocycles. The van der Waals surface area contributed by atoms with Gasteiger partial charge in [0.15, 0.2) is 0 Å². The number of nitrogens with zero attached hydrogens (tertiary/aromatic N) is 3. The molecule has 1 atom stereocenters. The molecule has 3 aromatic rings. The highest BCUT2D eigenvalue weighted by Crippen LogP contribution is 2.18. The Morgan fingerprint density at radius 1 is 1.23 bits per heavy atom. The molecule has 7 heteroatoms. The van der Waals surface area contributed by atoms with Crippen molar-refractivity contribution >= 4 is 16.8 Å². The highest BCUT2D eigenvalue weighted by Gasteiger charge is 2.14. The van der Waals surface area contributed by atoms with Crippen LogP contribution in [-0.4, -0.2) is 20.9 Å². The molecule has 0 fully saturated rings. The monoisotopic (exact) mass is 354 g/mol. The number of aryl methyl sites for hydroxylation is 2. The first-order chi connectivity index (χ1) is 12.3. The van der Waals surface area contributed by atoms with Gasteiger partial charge in [0, 0.05) is 0 Å². The summed E-state index contributed by atoms with van der Waals surface area (Å²) in [5, 5.41) is 10.6. The zero-order chi connectivity index (χ0) is 18.8. The summed E-state index contributed by atoms with van der Waals surface area (Å²) >= 11 is 0. The summed E-state index contributed by atoms with van der Waals surface area (Å²) in [6.07, 6.45) is 0. The van der Waals surface area contributed by atoms with Gasteiger partial charge in [0.25, 0.3) is 5.56 Å². The first-order valence-electron chi connectivity index (χ1n) is 8.24. The number of hydrogen-bond acceptors (Lipinski definition) is 4. The average molecular weight is 354 g/mol. The zero-order valence-corrected chi connectivity index (χ0v) is 14.8. The summed E-state index contributed by atoms with van der Waals surface area (Å²) in [4.78, 5) is 24.7. The van der Waals surface area contributed by atoms with Crippen LogP contribution in [0.3, 0.4) is 0 Å². The number of halogens is 1. The van der Waals surface area contributed by atoms with Gasteiger partial charge in [-0.1, -0.05) is 29.0 Å². The lowest BCUT2D eigenvalue weighted by atomic mass is 10.0. The highest BCUT2D eigenvalue weighted by atomic mass is 19.1. The molecule has 0 aliphatic rings. The number of hydrogen-bond donors (Lipinski definition) is 1. The lowest BCUT2D eigenvalue weighted by Gasteiger charge is -2.17. The van der Waals surface area contributed by atoms with Crippen molar-refractivity contribution in [3.05, 3.63) is 69.3 Å². The topological polar surface area (TPSA) is 76.9 Å². The van der Waals surface area contributed by atoms with E-state index in [-0.39, 0.29) is 29.4 Å². The second-order valence-electron chi connectivity index (χ2n) is 6.36. The van der Waals surface area contributed by atoms with Crippen LogP contribution in [0.5, 0.6) is 0 Å². The molecule has 0 aliphatic carbocycles. The molecule has 0 radical (unpaired) electrons. The number of benzene rings is 2. The number of aromatic nitrogens is 3. The maximum Gasteiger partial charge on any atom is 0.278 e. The number of carbonyl (C=O) groups excluding carboxylic acids is 1. The van der Waals surface area contributed by atoms with Crippen molar-refractivity contribution < 1.29 is 9.18 Å². The van der Waals surface area contributed by atoms with E-state index in [0.717, 1.165) is 27.4 Å². The van der Waals surface area contributed by atoms with Gasteiger partial charge in [-0.05, 0) is 50.1 Å². The van der Waals surface area contributed by atoms with Gasteiger partial charge in [0.1, 0.15) is 17.9 Å². The van der Waals surface area contributed by atoms with Crippen LogP contribution in [0, 0.1) is 19.7 Å².